The van der Waals surface area contributed by atoms with E-state index in [-0.39, 0.29) is 16.3 Å². The van der Waals surface area contributed by atoms with Crippen LogP contribution in [0.25, 0.3) is 0 Å². The van der Waals surface area contributed by atoms with Gasteiger partial charge in [0.05, 0.1) is 9.79 Å². The van der Waals surface area contributed by atoms with Crippen molar-refractivity contribution in [3.05, 3.63) is 24.3 Å². The molecule has 1 aromatic carbocycles. The van der Waals surface area contributed by atoms with Crippen molar-refractivity contribution in [1.82, 2.24) is 9.03 Å². The van der Waals surface area contributed by atoms with Crippen LogP contribution in [0.2, 0.25) is 0 Å². The maximum atomic E-state index is 12.7. The third-order valence-corrected chi connectivity index (χ3v) is 7.58. The second-order valence-corrected chi connectivity index (χ2v) is 10.3. The predicted molar refractivity (Wildman–Crippen MR) is 92.5 cm³/mol. The van der Waals surface area contributed by atoms with E-state index in [0.717, 1.165) is 19.3 Å². The van der Waals surface area contributed by atoms with Crippen molar-refractivity contribution in [3.8, 4) is 0 Å². The molecule has 0 radical (unpaired) electrons. The third-order valence-electron chi connectivity index (χ3n) is 3.99. The molecular formula is C15H25N3O4S2. The number of piperidine rings is 1. The van der Waals surface area contributed by atoms with Crippen LogP contribution in [0.4, 0.5) is 0 Å². The van der Waals surface area contributed by atoms with Gasteiger partial charge in [-0.05, 0) is 44.9 Å². The molecule has 9 heteroatoms. The maximum absolute atomic E-state index is 12.7. The monoisotopic (exact) mass is 375 g/mol. The Morgan fingerprint density at radius 1 is 1.08 bits per heavy atom. The van der Waals surface area contributed by atoms with E-state index in [9.17, 15) is 16.8 Å². The van der Waals surface area contributed by atoms with E-state index in [1.165, 1.54) is 28.6 Å². The van der Waals surface area contributed by atoms with Crippen molar-refractivity contribution in [1.29, 1.82) is 0 Å². The third kappa shape index (κ3) is 4.34. The van der Waals surface area contributed by atoms with Gasteiger partial charge in [0, 0.05) is 25.2 Å². The van der Waals surface area contributed by atoms with Crippen LogP contribution in [0.3, 0.4) is 0 Å². The fourth-order valence-corrected chi connectivity index (χ4v) is 5.63. The predicted octanol–water partition coefficient (Wildman–Crippen LogP) is 0.877. The van der Waals surface area contributed by atoms with Crippen LogP contribution in [-0.2, 0) is 20.0 Å². The minimum absolute atomic E-state index is 0.00201. The Kier molecular flexibility index (Phi) is 5.71. The number of rotatable bonds is 6. The fourth-order valence-electron chi connectivity index (χ4n) is 2.52. The lowest BCUT2D eigenvalue weighted by Gasteiger charge is -2.26. The number of benzene rings is 1. The molecule has 0 atom stereocenters. The minimum atomic E-state index is -3.86. The van der Waals surface area contributed by atoms with Crippen molar-refractivity contribution < 1.29 is 16.8 Å². The van der Waals surface area contributed by atoms with Crippen LogP contribution in [0, 0.1) is 0 Å². The largest absolute Gasteiger partial charge is 0.329 e. The Hall–Kier alpha value is -1.00. The molecule has 1 aliphatic heterocycles. The van der Waals surface area contributed by atoms with Gasteiger partial charge in [-0.15, -0.1) is 0 Å². The SMILES string of the molecule is CC(C)(CN)NS(=O)(=O)c1cccc(S(=O)(=O)N2CCCCC2)c1. The van der Waals surface area contributed by atoms with Crippen LogP contribution in [0.5, 0.6) is 0 Å². The molecule has 0 spiro atoms. The van der Waals surface area contributed by atoms with Gasteiger partial charge in [-0.1, -0.05) is 12.5 Å². The van der Waals surface area contributed by atoms with Crippen molar-refractivity contribution in [2.75, 3.05) is 19.6 Å². The highest BCUT2D eigenvalue weighted by Gasteiger charge is 2.29. The summed E-state index contributed by atoms with van der Waals surface area (Å²) in [5, 5.41) is 0. The normalized spacial score (nSPS) is 17.8. The molecule has 0 amide bonds. The molecule has 0 bridgehead atoms. The van der Waals surface area contributed by atoms with Crippen LogP contribution in [0.15, 0.2) is 34.1 Å². The average Bonchev–Trinajstić information content (AvgIpc) is 2.55. The standard InChI is InChI=1S/C15H25N3O4S2/c1-15(2,12-16)17-23(19,20)13-7-6-8-14(11-13)24(21,22)18-9-4-3-5-10-18/h6-8,11,17H,3-5,9-10,12,16H2,1-2H3. The summed E-state index contributed by atoms with van der Waals surface area (Å²) in [6.07, 6.45) is 2.66. The molecule has 3 N–H and O–H groups in total. The molecule has 24 heavy (non-hydrogen) atoms. The van der Waals surface area contributed by atoms with Gasteiger partial charge in [-0.25, -0.2) is 21.6 Å². The van der Waals surface area contributed by atoms with E-state index in [2.05, 4.69) is 4.72 Å². The lowest BCUT2D eigenvalue weighted by atomic mass is 10.1. The highest BCUT2D eigenvalue weighted by Crippen LogP contribution is 2.23. The number of hydrogen-bond donors (Lipinski definition) is 2. The van der Waals surface area contributed by atoms with E-state index in [4.69, 9.17) is 5.73 Å². The second-order valence-electron chi connectivity index (χ2n) is 6.63. The first kappa shape index (κ1) is 19.3. The second kappa shape index (κ2) is 7.09. The molecule has 0 aliphatic carbocycles. The zero-order chi connectivity index (χ0) is 18.0. The summed E-state index contributed by atoms with van der Waals surface area (Å²) < 4.78 is 54.3. The molecule has 2 rings (SSSR count). The van der Waals surface area contributed by atoms with E-state index < -0.39 is 25.6 Å². The molecule has 1 saturated heterocycles. The van der Waals surface area contributed by atoms with Crippen LogP contribution in [0.1, 0.15) is 33.1 Å². The van der Waals surface area contributed by atoms with Crippen molar-refractivity contribution in [3.63, 3.8) is 0 Å². The summed E-state index contributed by atoms with van der Waals surface area (Å²) >= 11 is 0. The van der Waals surface area contributed by atoms with E-state index in [0.29, 0.717) is 13.1 Å². The van der Waals surface area contributed by atoms with Gasteiger partial charge in [0.25, 0.3) is 0 Å². The quantitative estimate of drug-likeness (QED) is 0.767. The van der Waals surface area contributed by atoms with Gasteiger partial charge in [0.1, 0.15) is 0 Å². The van der Waals surface area contributed by atoms with Crippen molar-refractivity contribution in [2.24, 2.45) is 5.73 Å². The summed E-state index contributed by atoms with van der Waals surface area (Å²) in [7, 11) is -7.53. The smallest absolute Gasteiger partial charge is 0.243 e. The Morgan fingerprint density at radius 3 is 2.25 bits per heavy atom. The molecule has 1 aromatic rings. The number of hydrogen-bond acceptors (Lipinski definition) is 5. The van der Waals surface area contributed by atoms with Crippen LogP contribution in [-0.4, -0.2) is 46.3 Å². The molecule has 0 unspecified atom stereocenters. The maximum Gasteiger partial charge on any atom is 0.243 e. The molecule has 0 aromatic heterocycles. The minimum Gasteiger partial charge on any atom is -0.329 e. The topological polar surface area (TPSA) is 110 Å². The van der Waals surface area contributed by atoms with E-state index in [1.807, 2.05) is 0 Å². The fraction of sp³-hybridized carbons (Fsp3) is 0.600. The van der Waals surface area contributed by atoms with Gasteiger partial charge < -0.3 is 5.73 Å². The van der Waals surface area contributed by atoms with Gasteiger partial charge in [0.15, 0.2) is 0 Å². The van der Waals surface area contributed by atoms with Crippen molar-refractivity contribution >= 4 is 20.0 Å². The first-order valence-electron chi connectivity index (χ1n) is 7.93. The highest BCUT2D eigenvalue weighted by molar-refractivity contribution is 7.90. The van der Waals surface area contributed by atoms with Crippen LogP contribution >= 0.6 is 0 Å². The molecule has 1 heterocycles. The molecule has 1 aliphatic rings. The zero-order valence-electron chi connectivity index (χ0n) is 14.0. The van der Waals surface area contributed by atoms with Crippen LogP contribution < -0.4 is 10.5 Å². The van der Waals surface area contributed by atoms with Gasteiger partial charge in [-0.2, -0.15) is 4.31 Å². The summed E-state index contributed by atoms with van der Waals surface area (Å²) in [4.78, 5) is -0.0834. The Bertz CT molecular complexity index is 783. The first-order chi connectivity index (χ1) is 11.1. The summed E-state index contributed by atoms with van der Waals surface area (Å²) in [6, 6.07) is 5.46. The van der Waals surface area contributed by atoms with Gasteiger partial charge in [-0.3, -0.25) is 0 Å². The molecule has 0 saturated carbocycles. The van der Waals surface area contributed by atoms with Gasteiger partial charge >= 0.3 is 0 Å². The molecule has 1 fully saturated rings. The molecule has 136 valence electrons. The first-order valence-corrected chi connectivity index (χ1v) is 10.9. The summed E-state index contributed by atoms with van der Waals surface area (Å²) in [6.45, 7) is 4.39. The van der Waals surface area contributed by atoms with E-state index >= 15 is 0 Å². The Labute approximate surface area is 144 Å². The Morgan fingerprint density at radius 2 is 1.67 bits per heavy atom. The number of nitrogens with two attached hydrogens (primary N) is 1. The number of sulfonamides is 2. The zero-order valence-corrected chi connectivity index (χ0v) is 15.7. The summed E-state index contributed by atoms with van der Waals surface area (Å²) in [5.41, 5.74) is 4.74. The lowest BCUT2D eigenvalue weighted by Crippen LogP contribution is -2.48. The van der Waals surface area contributed by atoms with Crippen molar-refractivity contribution in [2.45, 2.75) is 48.4 Å². The number of nitrogens with one attached hydrogen (secondary N) is 1. The number of nitrogens with zero attached hydrogens (tertiary/aromatic N) is 1. The molecular weight excluding hydrogens is 350 g/mol. The molecule has 7 nitrogen and oxygen atoms in total. The Balaban J connectivity index is 2.35. The lowest BCUT2D eigenvalue weighted by molar-refractivity contribution is 0.346. The average molecular weight is 376 g/mol. The van der Waals surface area contributed by atoms with E-state index in [1.54, 1.807) is 13.8 Å². The summed E-state index contributed by atoms with van der Waals surface area (Å²) in [5.74, 6) is 0. The highest BCUT2D eigenvalue weighted by atomic mass is 32.2. The van der Waals surface area contributed by atoms with Gasteiger partial charge in [0.2, 0.25) is 20.0 Å².